The Morgan fingerprint density at radius 3 is 2.39 bits per heavy atom. The number of hydrogen-bond donors (Lipinski definition) is 1. The third-order valence-corrected chi connectivity index (χ3v) is 4.88. The molecule has 3 aromatic carbocycles. The average molecular weight is 373 g/mol. The van der Waals surface area contributed by atoms with Crippen LogP contribution >= 0.6 is 0 Å². The van der Waals surface area contributed by atoms with Crippen molar-refractivity contribution in [3.8, 4) is 0 Å². The van der Waals surface area contributed by atoms with Gasteiger partial charge in [-0.25, -0.2) is 9.37 Å². The Labute approximate surface area is 162 Å². The highest BCUT2D eigenvalue weighted by atomic mass is 19.1. The predicted octanol–water partition coefficient (Wildman–Crippen LogP) is 4.43. The number of imidazole rings is 1. The molecule has 4 rings (SSSR count). The van der Waals surface area contributed by atoms with Crippen molar-refractivity contribution >= 4 is 16.9 Å². The van der Waals surface area contributed by atoms with E-state index in [9.17, 15) is 9.18 Å². The molecule has 0 fully saturated rings. The minimum atomic E-state index is -0.365. The lowest BCUT2D eigenvalue weighted by atomic mass is 10.0. The Bertz CT molecular complexity index is 1100. The smallest absolute Gasteiger partial charge is 0.251 e. The van der Waals surface area contributed by atoms with E-state index in [1.54, 1.807) is 0 Å². The monoisotopic (exact) mass is 373 g/mol. The molecule has 0 saturated heterocycles. The van der Waals surface area contributed by atoms with Crippen LogP contribution in [0.15, 0.2) is 78.9 Å². The molecule has 4 nitrogen and oxygen atoms in total. The highest BCUT2D eigenvalue weighted by Gasteiger charge is 2.19. The maximum absolute atomic E-state index is 13.2. The van der Waals surface area contributed by atoms with Crippen molar-refractivity contribution in [2.24, 2.45) is 7.05 Å². The van der Waals surface area contributed by atoms with E-state index in [0.29, 0.717) is 12.0 Å². The molecule has 0 saturated carbocycles. The second kappa shape index (κ2) is 7.64. The number of nitrogens with zero attached hydrogens (tertiary/aromatic N) is 2. The first-order chi connectivity index (χ1) is 13.6. The lowest BCUT2D eigenvalue weighted by molar-refractivity contribution is 0.0936. The maximum atomic E-state index is 13.2. The Morgan fingerprint density at radius 1 is 1.00 bits per heavy atom. The molecule has 0 aliphatic heterocycles. The van der Waals surface area contributed by atoms with Gasteiger partial charge in [-0.15, -0.1) is 0 Å². The molecule has 0 spiro atoms. The number of hydrogen-bond acceptors (Lipinski definition) is 2. The van der Waals surface area contributed by atoms with Gasteiger partial charge in [0, 0.05) is 19.0 Å². The summed E-state index contributed by atoms with van der Waals surface area (Å²) in [5.41, 5.74) is 3.39. The van der Waals surface area contributed by atoms with Crippen LogP contribution in [-0.4, -0.2) is 15.5 Å². The highest BCUT2D eigenvalue weighted by Crippen LogP contribution is 2.22. The highest BCUT2D eigenvalue weighted by molar-refractivity contribution is 5.94. The summed E-state index contributed by atoms with van der Waals surface area (Å²) in [6.45, 7) is 0. The van der Waals surface area contributed by atoms with Crippen molar-refractivity contribution in [2.45, 2.75) is 12.5 Å². The summed E-state index contributed by atoms with van der Waals surface area (Å²) in [6, 6.07) is 23.1. The summed E-state index contributed by atoms with van der Waals surface area (Å²) in [7, 11) is 1.98. The molecule has 1 amide bonds. The number of rotatable bonds is 5. The van der Waals surface area contributed by atoms with Gasteiger partial charge >= 0.3 is 0 Å². The molecule has 0 aliphatic carbocycles. The minimum absolute atomic E-state index is 0.243. The topological polar surface area (TPSA) is 46.9 Å². The van der Waals surface area contributed by atoms with Gasteiger partial charge in [-0.05, 0) is 42.0 Å². The van der Waals surface area contributed by atoms with Gasteiger partial charge in [0.25, 0.3) is 5.91 Å². The van der Waals surface area contributed by atoms with Crippen LogP contribution in [-0.2, 0) is 13.5 Å². The van der Waals surface area contributed by atoms with Crippen molar-refractivity contribution in [2.75, 3.05) is 0 Å². The number of fused-ring (bicyclic) bond motifs is 1. The third-order valence-electron chi connectivity index (χ3n) is 4.88. The predicted molar refractivity (Wildman–Crippen MR) is 107 cm³/mol. The van der Waals surface area contributed by atoms with Crippen molar-refractivity contribution in [3.05, 3.63) is 102 Å². The Balaban J connectivity index is 1.64. The molecule has 0 unspecified atom stereocenters. The Hall–Kier alpha value is -3.47. The van der Waals surface area contributed by atoms with E-state index in [1.165, 1.54) is 24.3 Å². The van der Waals surface area contributed by atoms with Gasteiger partial charge in [0.2, 0.25) is 0 Å². The van der Waals surface area contributed by atoms with Gasteiger partial charge in [0.1, 0.15) is 11.6 Å². The molecule has 1 heterocycles. The van der Waals surface area contributed by atoms with E-state index in [4.69, 9.17) is 4.98 Å². The normalized spacial score (nSPS) is 12.1. The molecule has 0 bridgehead atoms. The number of para-hydroxylation sites is 2. The van der Waals surface area contributed by atoms with Crippen LogP contribution in [0.25, 0.3) is 11.0 Å². The van der Waals surface area contributed by atoms with Gasteiger partial charge in [0.05, 0.1) is 17.1 Å². The molecule has 28 heavy (non-hydrogen) atoms. The zero-order valence-corrected chi connectivity index (χ0v) is 15.5. The largest absolute Gasteiger partial charge is 0.345 e. The number of halogens is 1. The van der Waals surface area contributed by atoms with Gasteiger partial charge in [-0.1, -0.05) is 42.5 Å². The first kappa shape index (κ1) is 17.9. The molecule has 0 radical (unpaired) electrons. The number of amides is 1. The van der Waals surface area contributed by atoms with Gasteiger partial charge in [-0.2, -0.15) is 0 Å². The molecule has 0 aliphatic rings. The Kier molecular flexibility index (Phi) is 4.89. The van der Waals surface area contributed by atoms with Crippen LogP contribution < -0.4 is 5.32 Å². The standard InChI is InChI=1S/C23H20FN3O/c1-27-21-10-6-5-9-19(21)25-22(27)15-20(16-7-3-2-4-8-16)26-23(28)17-11-13-18(24)14-12-17/h2-14,20H,15H2,1H3,(H,26,28)/t20-/m0/s1. The quantitative estimate of drug-likeness (QED) is 0.563. The van der Waals surface area contributed by atoms with Gasteiger partial charge < -0.3 is 9.88 Å². The molecule has 1 atom stereocenters. The maximum Gasteiger partial charge on any atom is 0.251 e. The SMILES string of the molecule is Cn1c(C[C@H](NC(=O)c2ccc(F)cc2)c2ccccc2)nc2ccccc21. The second-order valence-electron chi connectivity index (χ2n) is 6.72. The van der Waals surface area contributed by atoms with Crippen LogP contribution in [0.3, 0.4) is 0 Å². The van der Waals surface area contributed by atoms with E-state index < -0.39 is 0 Å². The van der Waals surface area contributed by atoms with E-state index in [2.05, 4.69) is 9.88 Å². The summed E-state index contributed by atoms with van der Waals surface area (Å²) in [5.74, 6) is 0.276. The fraction of sp³-hybridized carbons (Fsp3) is 0.130. The van der Waals surface area contributed by atoms with Gasteiger partial charge in [-0.3, -0.25) is 4.79 Å². The summed E-state index contributed by atoms with van der Waals surface area (Å²) in [4.78, 5) is 17.5. The van der Waals surface area contributed by atoms with Crippen LogP contribution in [0.4, 0.5) is 4.39 Å². The number of aromatic nitrogens is 2. The molecule has 1 aromatic heterocycles. The summed E-state index contributed by atoms with van der Waals surface area (Å²) in [6.07, 6.45) is 0.544. The fourth-order valence-corrected chi connectivity index (χ4v) is 3.34. The molecule has 5 heteroatoms. The fourth-order valence-electron chi connectivity index (χ4n) is 3.34. The molecular formula is C23H20FN3O. The lowest BCUT2D eigenvalue weighted by Crippen LogP contribution is -2.30. The van der Waals surface area contributed by atoms with E-state index in [0.717, 1.165) is 22.4 Å². The molecule has 140 valence electrons. The van der Waals surface area contributed by atoms with Crippen LogP contribution in [0.2, 0.25) is 0 Å². The number of nitrogens with one attached hydrogen (secondary N) is 1. The molecule has 4 aromatic rings. The summed E-state index contributed by atoms with van der Waals surface area (Å²) in [5, 5.41) is 3.07. The number of carbonyl (C=O) groups is 1. The first-order valence-electron chi connectivity index (χ1n) is 9.13. The van der Waals surface area contributed by atoms with Crippen LogP contribution in [0, 0.1) is 5.82 Å². The van der Waals surface area contributed by atoms with Gasteiger partial charge in [0.15, 0.2) is 0 Å². The first-order valence-corrected chi connectivity index (χ1v) is 9.13. The summed E-state index contributed by atoms with van der Waals surface area (Å²) < 4.78 is 15.2. The number of carbonyl (C=O) groups excluding carboxylic acids is 1. The average Bonchev–Trinajstić information content (AvgIpc) is 3.04. The van der Waals surface area contributed by atoms with Crippen molar-refractivity contribution in [3.63, 3.8) is 0 Å². The molecular weight excluding hydrogens is 353 g/mol. The van der Waals surface area contributed by atoms with Crippen molar-refractivity contribution < 1.29 is 9.18 Å². The summed E-state index contributed by atoms with van der Waals surface area (Å²) >= 11 is 0. The Morgan fingerprint density at radius 2 is 1.68 bits per heavy atom. The zero-order chi connectivity index (χ0) is 19.5. The lowest BCUT2D eigenvalue weighted by Gasteiger charge is -2.19. The van der Waals surface area contributed by atoms with Crippen molar-refractivity contribution in [1.29, 1.82) is 0 Å². The van der Waals surface area contributed by atoms with Crippen LogP contribution in [0.1, 0.15) is 27.8 Å². The molecule has 1 N–H and O–H groups in total. The zero-order valence-electron chi connectivity index (χ0n) is 15.5. The second-order valence-corrected chi connectivity index (χ2v) is 6.72. The third kappa shape index (κ3) is 3.64. The van der Waals surface area contributed by atoms with E-state index in [-0.39, 0.29) is 17.8 Å². The number of benzene rings is 3. The number of aryl methyl sites for hydroxylation is 1. The van der Waals surface area contributed by atoms with Crippen molar-refractivity contribution in [1.82, 2.24) is 14.9 Å². The van der Waals surface area contributed by atoms with Crippen LogP contribution in [0.5, 0.6) is 0 Å². The van der Waals surface area contributed by atoms with E-state index >= 15 is 0 Å². The minimum Gasteiger partial charge on any atom is -0.345 e. The van der Waals surface area contributed by atoms with E-state index in [1.807, 2.05) is 61.6 Å².